The summed E-state index contributed by atoms with van der Waals surface area (Å²) in [6.45, 7) is 1.03. The van der Waals surface area contributed by atoms with E-state index in [9.17, 15) is 9.59 Å². The first-order chi connectivity index (χ1) is 7.67. The van der Waals surface area contributed by atoms with Gasteiger partial charge < -0.3 is 10.4 Å². The average Bonchev–Trinajstić information content (AvgIpc) is 2.29. The summed E-state index contributed by atoms with van der Waals surface area (Å²) in [5, 5.41) is 13.7. The lowest BCUT2D eigenvalue weighted by Gasteiger charge is -2.33. The Hall–Kier alpha value is -1.14. The number of carbonyl (C=O) groups excluding carboxylic acids is 2. The maximum atomic E-state index is 11.4. The van der Waals surface area contributed by atoms with Gasteiger partial charge >= 0.3 is 6.03 Å². The van der Waals surface area contributed by atoms with Gasteiger partial charge in [0.2, 0.25) is 5.91 Å². The van der Waals surface area contributed by atoms with Crippen molar-refractivity contribution in [2.75, 3.05) is 26.7 Å². The number of aliphatic hydroxyl groups is 1. The number of piperidine rings is 1. The smallest absolute Gasteiger partial charge is 0.321 e. The monoisotopic (exact) mass is 229 g/mol. The molecular formula is C10H19N3O3. The summed E-state index contributed by atoms with van der Waals surface area (Å²) in [5.41, 5.74) is 0. The van der Waals surface area contributed by atoms with Gasteiger partial charge in [-0.25, -0.2) is 4.79 Å². The van der Waals surface area contributed by atoms with Crippen molar-refractivity contribution < 1.29 is 14.7 Å². The lowest BCUT2D eigenvalue weighted by Crippen LogP contribution is -2.49. The normalized spacial score (nSPS) is 21.5. The number of rotatable bonds is 3. The summed E-state index contributed by atoms with van der Waals surface area (Å²) in [5.74, 6) is -0.334. The molecule has 1 aliphatic heterocycles. The van der Waals surface area contributed by atoms with Crippen LogP contribution in [0.3, 0.4) is 0 Å². The molecule has 1 fully saturated rings. The number of likely N-dealkylation sites (tertiary alicyclic amines) is 1. The van der Waals surface area contributed by atoms with Gasteiger partial charge in [-0.15, -0.1) is 0 Å². The number of nitrogens with zero attached hydrogens (tertiary/aromatic N) is 1. The van der Waals surface area contributed by atoms with Gasteiger partial charge in [0.25, 0.3) is 0 Å². The van der Waals surface area contributed by atoms with E-state index in [-0.39, 0.29) is 25.1 Å². The molecule has 1 aliphatic rings. The Morgan fingerprint density at radius 2 is 2.19 bits per heavy atom. The van der Waals surface area contributed by atoms with Crippen molar-refractivity contribution in [3.8, 4) is 0 Å². The van der Waals surface area contributed by atoms with E-state index < -0.39 is 6.03 Å². The maximum Gasteiger partial charge on any atom is 0.321 e. The molecule has 0 saturated carbocycles. The first kappa shape index (κ1) is 12.9. The van der Waals surface area contributed by atoms with E-state index in [0.29, 0.717) is 0 Å². The van der Waals surface area contributed by atoms with E-state index in [4.69, 9.17) is 5.11 Å². The number of nitrogens with one attached hydrogen (secondary N) is 2. The van der Waals surface area contributed by atoms with Crippen LogP contribution < -0.4 is 10.6 Å². The number of aliphatic hydroxyl groups excluding tert-OH is 1. The SMILES string of the molecule is CNC(=O)NC(=O)CN1CCCCC1CO. The lowest BCUT2D eigenvalue weighted by atomic mass is 10.0. The number of imide groups is 1. The molecule has 1 rings (SSSR count). The zero-order chi connectivity index (χ0) is 12.0. The summed E-state index contributed by atoms with van der Waals surface area (Å²) in [6, 6.07) is -0.452. The molecule has 1 saturated heterocycles. The predicted octanol–water partition coefficient (Wildman–Crippen LogP) is -0.711. The highest BCUT2D eigenvalue weighted by Crippen LogP contribution is 2.15. The molecule has 3 N–H and O–H groups in total. The summed E-state index contributed by atoms with van der Waals surface area (Å²) in [7, 11) is 1.46. The summed E-state index contributed by atoms with van der Waals surface area (Å²) in [6.07, 6.45) is 3.02. The van der Waals surface area contributed by atoms with Crippen molar-refractivity contribution in [3.05, 3.63) is 0 Å². The van der Waals surface area contributed by atoms with Gasteiger partial charge in [0.1, 0.15) is 0 Å². The van der Waals surface area contributed by atoms with Crippen LogP contribution in [-0.4, -0.2) is 54.7 Å². The topological polar surface area (TPSA) is 81.7 Å². The fourth-order valence-electron chi connectivity index (χ4n) is 1.89. The molecule has 0 aromatic carbocycles. The molecule has 0 aliphatic carbocycles. The van der Waals surface area contributed by atoms with Crippen LogP contribution >= 0.6 is 0 Å². The minimum absolute atomic E-state index is 0.0455. The van der Waals surface area contributed by atoms with E-state index in [1.54, 1.807) is 0 Å². The van der Waals surface area contributed by atoms with Gasteiger partial charge in [-0.05, 0) is 19.4 Å². The van der Waals surface area contributed by atoms with Crippen LogP contribution in [-0.2, 0) is 4.79 Å². The second kappa shape index (κ2) is 6.44. The summed E-state index contributed by atoms with van der Waals surface area (Å²) >= 11 is 0. The van der Waals surface area contributed by atoms with Gasteiger partial charge in [0.05, 0.1) is 13.2 Å². The largest absolute Gasteiger partial charge is 0.395 e. The molecule has 1 heterocycles. The molecule has 0 bridgehead atoms. The van der Waals surface area contributed by atoms with Crippen LogP contribution in [0, 0.1) is 0 Å². The van der Waals surface area contributed by atoms with E-state index in [0.717, 1.165) is 25.8 Å². The molecule has 0 radical (unpaired) electrons. The quantitative estimate of drug-likeness (QED) is 0.597. The highest BCUT2D eigenvalue weighted by molar-refractivity contribution is 5.95. The number of amides is 3. The predicted molar refractivity (Wildman–Crippen MR) is 58.9 cm³/mol. The summed E-state index contributed by atoms with van der Waals surface area (Å²) in [4.78, 5) is 24.3. The van der Waals surface area contributed by atoms with Crippen LogP contribution in [0.1, 0.15) is 19.3 Å². The Morgan fingerprint density at radius 1 is 1.44 bits per heavy atom. The van der Waals surface area contributed by atoms with Crippen molar-refractivity contribution in [2.24, 2.45) is 0 Å². The van der Waals surface area contributed by atoms with E-state index in [1.165, 1.54) is 7.05 Å². The van der Waals surface area contributed by atoms with E-state index >= 15 is 0 Å². The number of hydrogen-bond acceptors (Lipinski definition) is 4. The van der Waals surface area contributed by atoms with Gasteiger partial charge in [0.15, 0.2) is 0 Å². The van der Waals surface area contributed by atoms with Gasteiger partial charge in [-0.1, -0.05) is 6.42 Å². The third-order valence-corrected chi connectivity index (χ3v) is 2.79. The molecule has 0 spiro atoms. The van der Waals surface area contributed by atoms with Crippen LogP contribution in [0.4, 0.5) is 4.79 Å². The molecule has 6 heteroatoms. The molecular weight excluding hydrogens is 210 g/mol. The zero-order valence-corrected chi connectivity index (χ0v) is 9.53. The zero-order valence-electron chi connectivity index (χ0n) is 9.53. The van der Waals surface area contributed by atoms with E-state index in [1.807, 2.05) is 4.90 Å². The van der Waals surface area contributed by atoms with Crippen LogP contribution in [0.2, 0.25) is 0 Å². The highest BCUT2D eigenvalue weighted by Gasteiger charge is 2.23. The van der Waals surface area contributed by atoms with Crippen LogP contribution in [0.5, 0.6) is 0 Å². The lowest BCUT2D eigenvalue weighted by molar-refractivity contribution is -0.122. The van der Waals surface area contributed by atoms with Crippen molar-refractivity contribution >= 4 is 11.9 Å². The molecule has 16 heavy (non-hydrogen) atoms. The molecule has 92 valence electrons. The van der Waals surface area contributed by atoms with E-state index in [2.05, 4.69) is 10.6 Å². The Morgan fingerprint density at radius 3 is 2.81 bits per heavy atom. The van der Waals surface area contributed by atoms with Gasteiger partial charge in [-0.3, -0.25) is 15.0 Å². The number of carbonyl (C=O) groups is 2. The highest BCUT2D eigenvalue weighted by atomic mass is 16.3. The number of urea groups is 1. The second-order valence-electron chi connectivity index (χ2n) is 3.93. The Kier molecular flexibility index (Phi) is 5.21. The van der Waals surface area contributed by atoms with Crippen LogP contribution in [0.25, 0.3) is 0 Å². The first-order valence-corrected chi connectivity index (χ1v) is 5.54. The average molecular weight is 229 g/mol. The third-order valence-electron chi connectivity index (χ3n) is 2.79. The fraction of sp³-hybridized carbons (Fsp3) is 0.800. The standard InChI is InChI=1S/C10H19N3O3/c1-11-10(16)12-9(15)6-13-5-3-2-4-8(13)7-14/h8,14H,2-7H2,1H3,(H2,11,12,15,16). The van der Waals surface area contributed by atoms with Crippen molar-refractivity contribution in [2.45, 2.75) is 25.3 Å². The van der Waals surface area contributed by atoms with Crippen molar-refractivity contribution in [3.63, 3.8) is 0 Å². The Bertz CT molecular complexity index is 258. The van der Waals surface area contributed by atoms with Crippen molar-refractivity contribution in [1.29, 1.82) is 0 Å². The Balaban J connectivity index is 2.39. The molecule has 6 nitrogen and oxygen atoms in total. The maximum absolute atomic E-state index is 11.4. The fourth-order valence-corrected chi connectivity index (χ4v) is 1.89. The molecule has 1 unspecified atom stereocenters. The third kappa shape index (κ3) is 3.79. The van der Waals surface area contributed by atoms with Crippen LogP contribution in [0.15, 0.2) is 0 Å². The minimum atomic E-state index is -0.498. The molecule has 0 aromatic heterocycles. The molecule has 3 amide bonds. The molecule has 0 aromatic rings. The second-order valence-corrected chi connectivity index (χ2v) is 3.93. The Labute approximate surface area is 95.0 Å². The minimum Gasteiger partial charge on any atom is -0.395 e. The first-order valence-electron chi connectivity index (χ1n) is 5.54. The molecule has 1 atom stereocenters. The van der Waals surface area contributed by atoms with Gasteiger partial charge in [0, 0.05) is 13.1 Å². The van der Waals surface area contributed by atoms with Gasteiger partial charge in [-0.2, -0.15) is 0 Å². The number of hydrogen-bond donors (Lipinski definition) is 3. The van der Waals surface area contributed by atoms with Crippen molar-refractivity contribution in [1.82, 2.24) is 15.5 Å². The summed E-state index contributed by atoms with van der Waals surface area (Å²) < 4.78 is 0.